The van der Waals surface area contributed by atoms with E-state index in [-0.39, 0.29) is 17.4 Å². The maximum atomic E-state index is 13.4. The number of hydrogen-bond donors (Lipinski definition) is 1. The van der Waals surface area contributed by atoms with Crippen molar-refractivity contribution in [2.75, 3.05) is 6.61 Å². The predicted molar refractivity (Wildman–Crippen MR) is 109 cm³/mol. The van der Waals surface area contributed by atoms with Gasteiger partial charge in [-0.2, -0.15) is 0 Å². The summed E-state index contributed by atoms with van der Waals surface area (Å²) in [5.41, 5.74) is 2.60. The van der Waals surface area contributed by atoms with Crippen molar-refractivity contribution in [1.29, 1.82) is 0 Å². The van der Waals surface area contributed by atoms with Gasteiger partial charge in [0.2, 0.25) is 0 Å². The van der Waals surface area contributed by atoms with Gasteiger partial charge in [-0.05, 0) is 53.1 Å². The molecule has 0 bridgehead atoms. The van der Waals surface area contributed by atoms with Crippen LogP contribution in [0, 0.1) is 5.82 Å². The summed E-state index contributed by atoms with van der Waals surface area (Å²) >= 11 is 18.5. The van der Waals surface area contributed by atoms with Crippen LogP contribution in [0.5, 0.6) is 11.5 Å². The van der Waals surface area contributed by atoms with Gasteiger partial charge < -0.3 is 9.84 Å². The summed E-state index contributed by atoms with van der Waals surface area (Å²) in [5, 5.41) is 11.0. The third kappa shape index (κ3) is 4.58. The Hall–Kier alpha value is -2.27. The van der Waals surface area contributed by atoms with E-state index in [0.29, 0.717) is 45.2 Å². The lowest BCUT2D eigenvalue weighted by Crippen LogP contribution is -1.99. The fourth-order valence-corrected chi connectivity index (χ4v) is 3.54. The van der Waals surface area contributed by atoms with Crippen molar-refractivity contribution in [2.45, 2.75) is 6.42 Å². The number of hydrogen-bond acceptors (Lipinski definition) is 3. The van der Waals surface area contributed by atoms with E-state index in [0.717, 1.165) is 5.56 Å². The molecule has 3 nitrogen and oxygen atoms in total. The Morgan fingerprint density at radius 3 is 2.32 bits per heavy atom. The quantitative estimate of drug-likeness (QED) is 0.457. The Kier molecular flexibility index (Phi) is 6.45. The third-order valence-corrected chi connectivity index (χ3v) is 5.07. The first-order chi connectivity index (χ1) is 13.4. The average molecular weight is 440 g/mol. The maximum absolute atomic E-state index is 13.4. The second-order valence-corrected chi connectivity index (χ2v) is 7.22. The smallest absolute Gasteiger partial charge is 0.157 e. The van der Waals surface area contributed by atoms with Gasteiger partial charge in [-0.25, -0.2) is 4.39 Å². The van der Waals surface area contributed by atoms with Gasteiger partial charge in [-0.3, -0.25) is 4.79 Å². The number of rotatable bonds is 6. The van der Waals surface area contributed by atoms with E-state index in [9.17, 15) is 14.3 Å². The standard InChI is InChI=1S/C21H14Cl3FO3/c22-17-10-14(28-6-5-26)11-18(23)16(17)8-12-1-4-21(27)15(7-12)13-2-3-20(25)19(24)9-13/h1-5,7,9-11,27H,6,8H2. The van der Waals surface area contributed by atoms with E-state index < -0.39 is 5.82 Å². The number of phenolic OH excluding ortho intramolecular Hbond substituents is 1. The highest BCUT2D eigenvalue weighted by atomic mass is 35.5. The van der Waals surface area contributed by atoms with Crippen molar-refractivity contribution in [3.8, 4) is 22.6 Å². The summed E-state index contributed by atoms with van der Waals surface area (Å²) in [6.45, 7) is -0.0897. The largest absolute Gasteiger partial charge is 0.507 e. The Morgan fingerprint density at radius 1 is 0.964 bits per heavy atom. The van der Waals surface area contributed by atoms with Gasteiger partial charge in [0.1, 0.15) is 23.9 Å². The van der Waals surface area contributed by atoms with Crippen LogP contribution in [-0.4, -0.2) is 18.0 Å². The highest BCUT2D eigenvalue weighted by Crippen LogP contribution is 2.36. The molecule has 0 unspecified atom stereocenters. The lowest BCUT2D eigenvalue weighted by Gasteiger charge is -2.12. The molecule has 0 atom stereocenters. The first kappa shape index (κ1) is 20.5. The number of aldehydes is 1. The number of benzene rings is 3. The minimum atomic E-state index is -0.531. The number of aromatic hydroxyl groups is 1. The van der Waals surface area contributed by atoms with Crippen LogP contribution in [0.15, 0.2) is 48.5 Å². The van der Waals surface area contributed by atoms with E-state index in [2.05, 4.69) is 0 Å². The maximum Gasteiger partial charge on any atom is 0.157 e. The Bertz CT molecular complexity index is 1010. The molecule has 3 aromatic carbocycles. The first-order valence-corrected chi connectivity index (χ1v) is 9.34. The molecule has 0 heterocycles. The van der Waals surface area contributed by atoms with Crippen LogP contribution in [0.3, 0.4) is 0 Å². The molecule has 1 N–H and O–H groups in total. The van der Waals surface area contributed by atoms with Crippen LogP contribution in [0.4, 0.5) is 4.39 Å². The third-order valence-electron chi connectivity index (χ3n) is 4.11. The number of halogens is 4. The Morgan fingerprint density at radius 2 is 1.68 bits per heavy atom. The van der Waals surface area contributed by atoms with Gasteiger partial charge in [0.25, 0.3) is 0 Å². The van der Waals surface area contributed by atoms with Gasteiger partial charge in [-0.1, -0.05) is 46.9 Å². The normalized spacial score (nSPS) is 10.7. The topological polar surface area (TPSA) is 46.5 Å². The first-order valence-electron chi connectivity index (χ1n) is 8.20. The summed E-state index contributed by atoms with van der Waals surface area (Å²) in [4.78, 5) is 10.4. The molecule has 0 aliphatic carbocycles. The number of phenols is 1. The highest BCUT2D eigenvalue weighted by molar-refractivity contribution is 6.36. The van der Waals surface area contributed by atoms with Gasteiger partial charge in [0.15, 0.2) is 6.29 Å². The molecule has 7 heteroatoms. The monoisotopic (exact) mass is 438 g/mol. The fraction of sp³-hybridized carbons (Fsp3) is 0.0952. The number of carbonyl (C=O) groups is 1. The van der Waals surface area contributed by atoms with Crippen molar-refractivity contribution in [3.05, 3.63) is 80.5 Å². The van der Waals surface area contributed by atoms with Crippen LogP contribution in [0.2, 0.25) is 15.1 Å². The van der Waals surface area contributed by atoms with Crippen LogP contribution in [0.1, 0.15) is 11.1 Å². The fourth-order valence-electron chi connectivity index (χ4n) is 2.75. The Labute approximate surface area is 176 Å². The molecular weight excluding hydrogens is 426 g/mol. The summed E-state index contributed by atoms with van der Waals surface area (Å²) in [5.74, 6) is -0.0871. The van der Waals surface area contributed by atoms with Crippen molar-refractivity contribution in [1.82, 2.24) is 0 Å². The molecule has 144 valence electrons. The van der Waals surface area contributed by atoms with E-state index >= 15 is 0 Å². The lowest BCUT2D eigenvalue weighted by atomic mass is 9.98. The van der Waals surface area contributed by atoms with Crippen molar-refractivity contribution < 1.29 is 19.0 Å². The van der Waals surface area contributed by atoms with E-state index in [1.165, 1.54) is 12.1 Å². The van der Waals surface area contributed by atoms with Gasteiger partial charge in [0.05, 0.1) is 5.02 Å². The molecule has 0 aromatic heterocycles. The van der Waals surface area contributed by atoms with Crippen LogP contribution in [-0.2, 0) is 11.2 Å². The molecule has 0 aliphatic heterocycles. The second kappa shape index (κ2) is 8.82. The van der Waals surface area contributed by atoms with E-state index in [4.69, 9.17) is 39.5 Å². The van der Waals surface area contributed by atoms with E-state index in [1.807, 2.05) is 0 Å². The molecule has 0 amide bonds. The molecule has 3 rings (SSSR count). The summed E-state index contributed by atoms with van der Waals surface area (Å²) in [6, 6.07) is 12.5. The molecule has 0 radical (unpaired) electrons. The van der Waals surface area contributed by atoms with Gasteiger partial charge in [-0.15, -0.1) is 0 Å². The number of carbonyl (C=O) groups excluding carboxylic acids is 1. The minimum absolute atomic E-state index is 0.0284. The van der Waals surface area contributed by atoms with Crippen LogP contribution < -0.4 is 4.74 Å². The van der Waals surface area contributed by atoms with E-state index in [1.54, 1.807) is 36.4 Å². The van der Waals surface area contributed by atoms with Crippen molar-refractivity contribution >= 4 is 41.1 Å². The molecule has 28 heavy (non-hydrogen) atoms. The molecule has 0 spiro atoms. The lowest BCUT2D eigenvalue weighted by molar-refractivity contribution is -0.109. The zero-order valence-corrected chi connectivity index (χ0v) is 16.7. The summed E-state index contributed by atoms with van der Waals surface area (Å²) in [6.07, 6.45) is 1.03. The zero-order chi connectivity index (χ0) is 20.3. The predicted octanol–water partition coefficient (Wildman–Crippen LogP) is 6.33. The van der Waals surface area contributed by atoms with Crippen molar-refractivity contribution in [3.63, 3.8) is 0 Å². The molecule has 0 saturated carbocycles. The summed E-state index contributed by atoms with van der Waals surface area (Å²) < 4.78 is 18.6. The molecule has 3 aromatic rings. The Balaban J connectivity index is 1.93. The van der Waals surface area contributed by atoms with Gasteiger partial charge in [0, 0.05) is 22.0 Å². The van der Waals surface area contributed by atoms with Crippen LogP contribution in [0.25, 0.3) is 11.1 Å². The molecule has 0 aliphatic rings. The summed E-state index contributed by atoms with van der Waals surface area (Å²) in [7, 11) is 0. The zero-order valence-electron chi connectivity index (χ0n) is 14.4. The number of ether oxygens (including phenoxy) is 1. The molecule has 0 saturated heterocycles. The highest BCUT2D eigenvalue weighted by Gasteiger charge is 2.13. The van der Waals surface area contributed by atoms with Gasteiger partial charge >= 0.3 is 0 Å². The minimum Gasteiger partial charge on any atom is -0.507 e. The average Bonchev–Trinajstić information content (AvgIpc) is 2.66. The molecule has 0 fully saturated rings. The molecular formula is C21H14Cl3FO3. The second-order valence-electron chi connectivity index (χ2n) is 6.00. The van der Waals surface area contributed by atoms with Crippen molar-refractivity contribution in [2.24, 2.45) is 0 Å². The van der Waals surface area contributed by atoms with Crippen LogP contribution >= 0.6 is 34.8 Å². The SMILES string of the molecule is O=CCOc1cc(Cl)c(Cc2ccc(O)c(-c3ccc(F)c(Cl)c3)c2)c(Cl)c1.